The molecule has 0 spiro atoms. The van der Waals surface area contributed by atoms with Gasteiger partial charge < -0.3 is 107 Å². The van der Waals surface area contributed by atoms with Crippen molar-refractivity contribution in [3.8, 4) is 0 Å². The van der Waals surface area contributed by atoms with E-state index in [0.29, 0.717) is 44.3 Å². The number of nitrogens with one attached hydrogen (secondary N) is 4. The molecule has 0 radical (unpaired) electrons. The molecule has 34 nitrogen and oxygen atoms in total. The number of halogens is 1. The summed E-state index contributed by atoms with van der Waals surface area (Å²) in [6, 6.07) is 37.0. The SMILES string of the molecule is CC(C)(C)[Si](C)(C)Cl.CC(C)(C)[Si](C)(C)OC[C@@H]1CN(C(=O)CNC(=O)OCc2ccccc2)C[C@@H]1O[Si](C)(C)C(C)(C)C.CCC(=O)N1C[C@@H](CO[Si](C)(C)C(C)(C)C)[C@@H](O[Si](C)(C)C(C)(C)C)C1.CCOC(=O)C1CN(C(=O)CNC(=O)OCc2ccccc2)CC1=O.CCOC(=O)[C@@H]1CN(C(=O)CNC(=O)OCc2ccccc2)C[C@@H]1O.O=C(NCC(=O)N1C[C@@H](CO)[C@@H](O)C1)OCc1ccccc1. The van der Waals surface area contributed by atoms with Gasteiger partial charge in [-0.3, -0.25) is 38.4 Å². The third-order valence-corrected chi connectivity index (χ3v) is 50.9. The Balaban J connectivity index is 0.000000366. The molecule has 5 aliphatic heterocycles. The average molecular weight is 2100 g/mol. The first-order valence-electron chi connectivity index (χ1n) is 49.1. The number of ether oxygens (including phenoxy) is 6. The fourth-order valence-corrected chi connectivity index (χ4v) is 18.1. The monoisotopic (exact) mass is 2090 g/mol. The lowest BCUT2D eigenvalue weighted by molar-refractivity contribution is -0.151. The van der Waals surface area contributed by atoms with Crippen molar-refractivity contribution < 1.29 is 119 Å². The van der Waals surface area contributed by atoms with Gasteiger partial charge in [0.1, 0.15) is 64.4 Å². The minimum absolute atomic E-state index is 0.0305. The van der Waals surface area contributed by atoms with Crippen LogP contribution in [0, 0.1) is 29.6 Å². The summed E-state index contributed by atoms with van der Waals surface area (Å²) in [5, 5.41) is 39.1. The maximum absolute atomic E-state index is 13.0. The van der Waals surface area contributed by atoms with E-state index < -0.39 is 113 Å². The molecular weight excluding hydrogens is 1930 g/mol. The lowest BCUT2D eigenvalue weighted by Gasteiger charge is -2.40. The molecule has 40 heteroatoms. The zero-order chi connectivity index (χ0) is 107. The van der Waals surface area contributed by atoms with E-state index >= 15 is 0 Å². The molecule has 4 aromatic carbocycles. The minimum Gasteiger partial charge on any atom is -0.466 e. The third-order valence-electron chi connectivity index (χ3n) is 27.7. The second-order valence-electron chi connectivity index (χ2n) is 43.9. The standard InChI is InChI=1S/C27H48N2O5Si2.C20H43NO3Si2.C17H22N2O6.C17H20N2O6.C15H20N2O5.C6H15ClSi/c1-26(2,3)35(7,8)33-20-22-17-29(18-23(22)34-36(9,10)27(4,5)6)24(30)16-28-25(31)32-19-21-14-12-11-13-15-21;1-12-18(22)21-13-16(15-23-25(8,9)19(2,3)4)17(14-21)24-26(10,11)20(5,6)7;2*1-2-24-16(22)13-9-19(10-14(13)20)15(21)8-18-17(23)25-11-12-6-4-3-5-7-12;18-9-12-7-17(8-13(12)19)14(20)6-16-15(21)22-10-11-4-2-1-3-5-11;1-6(2,3)8(4,5)7/h11-15,22-23H,16-20H2,1-10H3,(H,28,31);16-17H,12-15H2,1-11H3;3-7,13-14,20H,2,8-11H2,1H3,(H,18,23);3-7,13H,2,8-11H2,1H3,(H,18,23);1-5,12-13,18-19H,6-10H2,(H,16,21);1-5H3/t22-,23-;16-,17-;13-,14+;;12-,13-;/m001.0./s1. The van der Waals surface area contributed by atoms with E-state index in [1.807, 2.05) is 133 Å². The maximum Gasteiger partial charge on any atom is 0.407 e. The Hall–Kier alpha value is -8.99. The summed E-state index contributed by atoms with van der Waals surface area (Å²) in [6.45, 7) is 65.4. The summed E-state index contributed by atoms with van der Waals surface area (Å²) in [6.07, 6.45) is -3.83. The number of ketones is 1. The fraction of sp³-hybridized carbons (Fsp3) is 0.647. The molecule has 9 atom stereocenters. The van der Waals surface area contributed by atoms with Gasteiger partial charge in [0.15, 0.2) is 46.4 Å². The van der Waals surface area contributed by atoms with Gasteiger partial charge in [-0.2, -0.15) is 11.1 Å². The molecule has 0 saturated carbocycles. The predicted octanol–water partition coefficient (Wildman–Crippen LogP) is 14.8. The molecule has 5 heterocycles. The number of amides is 9. The van der Waals surface area contributed by atoms with E-state index in [9.17, 15) is 67.7 Å². The highest BCUT2D eigenvalue weighted by Crippen LogP contribution is 2.44. The van der Waals surface area contributed by atoms with Crippen molar-refractivity contribution in [2.45, 2.75) is 273 Å². The number of esters is 2. The van der Waals surface area contributed by atoms with Gasteiger partial charge in [0, 0.05) is 96.3 Å². The summed E-state index contributed by atoms with van der Waals surface area (Å²) in [5.74, 6) is -4.26. The number of alkyl carbamates (subject to hydrolysis) is 4. The van der Waals surface area contributed by atoms with Crippen molar-refractivity contribution in [3.63, 3.8) is 0 Å². The van der Waals surface area contributed by atoms with Gasteiger partial charge in [-0.15, -0.1) is 0 Å². The molecular formula is C102H168ClN9O25Si5. The predicted molar refractivity (Wildman–Crippen MR) is 560 cm³/mol. The van der Waals surface area contributed by atoms with E-state index in [-0.39, 0.29) is 185 Å². The van der Waals surface area contributed by atoms with Crippen LogP contribution >= 0.6 is 11.1 Å². The first-order valence-corrected chi connectivity index (χ1v) is 64.8. The Bertz CT molecular complexity index is 4620. The topological polar surface area (TPSA) is 422 Å². The van der Waals surface area contributed by atoms with E-state index in [1.54, 1.807) is 18.7 Å². The van der Waals surface area contributed by atoms with Crippen LogP contribution in [0.25, 0.3) is 0 Å². The van der Waals surface area contributed by atoms with E-state index in [1.165, 1.54) is 14.7 Å². The number of nitrogens with zero attached hydrogens (tertiary/aromatic N) is 5. The summed E-state index contributed by atoms with van der Waals surface area (Å²) >= 11 is 6.15. The Morgan fingerprint density at radius 3 is 0.930 bits per heavy atom. The van der Waals surface area contributed by atoms with Crippen LogP contribution in [0.3, 0.4) is 0 Å². The lowest BCUT2D eigenvalue weighted by Crippen LogP contribution is -2.48. The Morgan fingerprint density at radius 1 is 0.359 bits per heavy atom. The normalized spacial score (nSPS) is 19.4. The second-order valence-corrected chi connectivity index (χ2v) is 70.3. The van der Waals surface area contributed by atoms with Gasteiger partial charge in [0.2, 0.25) is 29.5 Å². The molecule has 9 amide bonds. The van der Waals surface area contributed by atoms with Crippen molar-refractivity contribution in [1.82, 2.24) is 45.8 Å². The molecule has 5 fully saturated rings. The van der Waals surface area contributed by atoms with Crippen LogP contribution in [0.5, 0.6) is 0 Å². The highest BCUT2D eigenvalue weighted by Gasteiger charge is 2.50. The van der Waals surface area contributed by atoms with Gasteiger partial charge in [-0.1, -0.05) is 245 Å². The zero-order valence-electron chi connectivity index (χ0n) is 89.7. The molecule has 1 unspecified atom stereocenters. The van der Waals surface area contributed by atoms with Crippen molar-refractivity contribution in [1.29, 1.82) is 0 Å². The molecule has 798 valence electrons. The largest absolute Gasteiger partial charge is 0.466 e. The quantitative estimate of drug-likeness (QED) is 0.00785. The summed E-state index contributed by atoms with van der Waals surface area (Å²) in [4.78, 5) is 151. The van der Waals surface area contributed by atoms with E-state index in [4.69, 9.17) is 62.3 Å². The Kier molecular flexibility index (Phi) is 50.5. The molecule has 7 N–H and O–H groups in total. The number of benzene rings is 4. The van der Waals surface area contributed by atoms with Crippen LogP contribution in [0.2, 0.25) is 90.7 Å². The van der Waals surface area contributed by atoms with E-state index in [0.717, 1.165) is 28.8 Å². The summed E-state index contributed by atoms with van der Waals surface area (Å²) in [5.41, 5.74) is 3.42. The van der Waals surface area contributed by atoms with Crippen LogP contribution in [-0.2, 0) is 111 Å². The third kappa shape index (κ3) is 42.6. The van der Waals surface area contributed by atoms with Crippen molar-refractivity contribution in [2.75, 3.05) is 125 Å². The van der Waals surface area contributed by atoms with Gasteiger partial charge in [0.05, 0.1) is 50.8 Å². The van der Waals surface area contributed by atoms with Gasteiger partial charge in [-0.05, 0) is 114 Å². The number of Topliss-reactive ketones (excluding diaryl/α,β-unsaturated/α-hetero) is 1. The molecule has 5 saturated heterocycles. The van der Waals surface area contributed by atoms with Gasteiger partial charge >= 0.3 is 36.3 Å². The first kappa shape index (κ1) is 125. The molecule has 9 rings (SSSR count). The molecule has 0 bridgehead atoms. The molecule has 4 aromatic rings. The number of rotatable bonds is 32. The lowest BCUT2D eigenvalue weighted by atomic mass is 10.1. The van der Waals surface area contributed by atoms with Crippen LogP contribution in [0.1, 0.15) is 153 Å². The van der Waals surface area contributed by atoms with Gasteiger partial charge in [0.25, 0.3) is 0 Å². The maximum atomic E-state index is 13.0. The zero-order valence-corrected chi connectivity index (χ0v) is 95.4. The van der Waals surface area contributed by atoms with Crippen LogP contribution in [0.15, 0.2) is 121 Å². The first-order chi connectivity index (χ1) is 65.8. The average Bonchev–Trinajstić information content (AvgIpc) is 1.63. The fourth-order valence-electron chi connectivity index (χ4n) is 13.2. The minimum atomic E-state index is -2.04. The van der Waals surface area contributed by atoms with Crippen molar-refractivity contribution >= 4 is 123 Å². The Morgan fingerprint density at radius 2 is 0.641 bits per heavy atom. The number of aliphatic hydroxyl groups is 3. The number of hydrogen-bond donors (Lipinski definition) is 7. The van der Waals surface area contributed by atoms with E-state index in [2.05, 4.69) is 191 Å². The smallest absolute Gasteiger partial charge is 0.407 e. The van der Waals surface area contributed by atoms with Gasteiger partial charge in [-0.25, -0.2) is 19.2 Å². The van der Waals surface area contributed by atoms with Crippen molar-refractivity contribution in [2.24, 2.45) is 29.6 Å². The summed E-state index contributed by atoms with van der Waals surface area (Å²) in [7, 11) is -9.04. The highest BCUT2D eigenvalue weighted by atomic mass is 35.6. The second kappa shape index (κ2) is 57.2. The number of carbonyl (C=O) groups is 12. The highest BCUT2D eigenvalue weighted by molar-refractivity contribution is 7.20. The molecule has 0 aromatic heterocycles. The number of hydrogen-bond acceptors (Lipinski definition) is 25. The molecule has 0 aliphatic carbocycles. The number of aliphatic hydroxyl groups excluding tert-OH is 3. The van der Waals surface area contributed by atoms with Crippen LogP contribution in [-0.4, -0.2) is 301 Å². The van der Waals surface area contributed by atoms with Crippen molar-refractivity contribution in [3.05, 3.63) is 144 Å². The molecule has 142 heavy (non-hydrogen) atoms. The molecule has 5 aliphatic rings. The summed E-state index contributed by atoms with van der Waals surface area (Å²) < 4.78 is 56.5. The Labute approximate surface area is 853 Å². The number of carbonyl (C=O) groups excluding carboxylic acids is 12. The number of β-amino-alcohol motifs (C(OH)–C–C–N with tert-alkyl or cyclic N) is 2. The number of likely N-dealkylation sites (tertiary alicyclic amines) is 5. The van der Waals surface area contributed by atoms with Crippen LogP contribution < -0.4 is 21.3 Å². The van der Waals surface area contributed by atoms with Crippen LogP contribution in [0.4, 0.5) is 19.2 Å².